The second-order valence-electron chi connectivity index (χ2n) is 7.27. The molecule has 8 nitrogen and oxygen atoms in total. The second kappa shape index (κ2) is 7.48. The molecule has 2 fully saturated rings. The Bertz CT molecular complexity index is 827. The van der Waals surface area contributed by atoms with E-state index in [1.165, 1.54) is 0 Å². The van der Waals surface area contributed by atoms with E-state index in [4.69, 9.17) is 5.73 Å². The lowest BCUT2D eigenvalue weighted by atomic mass is 9.96. The molecule has 1 aromatic heterocycles. The minimum Gasteiger partial charge on any atom is -0.342 e. The Kier molecular flexibility index (Phi) is 4.89. The predicted octanol–water partition coefficient (Wildman–Crippen LogP) is 1.52. The number of aromatic amines is 1. The lowest BCUT2D eigenvalue weighted by molar-refractivity contribution is -0.135. The molecule has 27 heavy (non-hydrogen) atoms. The predicted molar refractivity (Wildman–Crippen MR) is 100 cm³/mol. The van der Waals surface area contributed by atoms with Crippen LogP contribution in [0.3, 0.4) is 0 Å². The van der Waals surface area contributed by atoms with Gasteiger partial charge in [0.1, 0.15) is 5.82 Å². The van der Waals surface area contributed by atoms with E-state index < -0.39 is 0 Å². The van der Waals surface area contributed by atoms with Crippen LogP contribution in [0.1, 0.15) is 31.5 Å². The average Bonchev–Trinajstić information content (AvgIpc) is 3.45. The Morgan fingerprint density at radius 2 is 1.96 bits per heavy atom. The highest BCUT2D eigenvalue weighted by atomic mass is 16.2. The van der Waals surface area contributed by atoms with Crippen LogP contribution in [0.4, 0.5) is 5.69 Å². The summed E-state index contributed by atoms with van der Waals surface area (Å²) in [6, 6.07) is 7.40. The van der Waals surface area contributed by atoms with E-state index in [0.29, 0.717) is 24.7 Å². The number of nitrogens with one attached hydrogen (secondary N) is 2. The van der Waals surface area contributed by atoms with Crippen LogP contribution in [-0.2, 0) is 16.1 Å². The van der Waals surface area contributed by atoms with E-state index in [1.807, 2.05) is 29.2 Å². The van der Waals surface area contributed by atoms with Crippen LogP contribution in [-0.4, -0.2) is 45.0 Å². The number of nitrogens with zero attached hydrogens (tertiary/aromatic N) is 3. The first-order valence-corrected chi connectivity index (χ1v) is 9.45. The van der Waals surface area contributed by atoms with Gasteiger partial charge in [0.15, 0.2) is 5.82 Å². The third-order valence-corrected chi connectivity index (χ3v) is 5.17. The fraction of sp³-hybridized carbons (Fsp3) is 0.474. The van der Waals surface area contributed by atoms with Crippen LogP contribution in [0.5, 0.6) is 0 Å². The van der Waals surface area contributed by atoms with Crippen molar-refractivity contribution < 1.29 is 9.59 Å². The zero-order chi connectivity index (χ0) is 18.8. The molecule has 1 aromatic carbocycles. The lowest BCUT2D eigenvalue weighted by Crippen LogP contribution is -2.44. The summed E-state index contributed by atoms with van der Waals surface area (Å²) in [6.07, 6.45) is 3.69. The summed E-state index contributed by atoms with van der Waals surface area (Å²) in [4.78, 5) is 31.0. The van der Waals surface area contributed by atoms with Gasteiger partial charge in [-0.1, -0.05) is 0 Å². The van der Waals surface area contributed by atoms with Gasteiger partial charge in [0, 0.05) is 30.3 Å². The fourth-order valence-electron chi connectivity index (χ4n) is 3.44. The van der Waals surface area contributed by atoms with Crippen LogP contribution < -0.4 is 11.1 Å². The number of amides is 2. The largest absolute Gasteiger partial charge is 0.342 e. The van der Waals surface area contributed by atoms with Gasteiger partial charge in [-0.05, 0) is 49.9 Å². The molecule has 4 N–H and O–H groups in total. The SMILES string of the molecule is NCc1nc(-c2ccc(NC(=O)C3CCCN(C(=O)C4CC4)C3)cc2)n[nH]1. The van der Waals surface area contributed by atoms with Crippen molar-refractivity contribution >= 4 is 17.5 Å². The fourth-order valence-corrected chi connectivity index (χ4v) is 3.44. The van der Waals surface area contributed by atoms with Gasteiger partial charge in [-0.25, -0.2) is 4.98 Å². The summed E-state index contributed by atoms with van der Waals surface area (Å²) in [6.45, 7) is 1.61. The Hall–Kier alpha value is -2.74. The van der Waals surface area contributed by atoms with Gasteiger partial charge in [0.2, 0.25) is 11.8 Å². The highest BCUT2D eigenvalue weighted by Gasteiger charge is 2.36. The summed E-state index contributed by atoms with van der Waals surface area (Å²) in [5, 5.41) is 9.87. The minimum atomic E-state index is -0.152. The van der Waals surface area contributed by atoms with E-state index in [2.05, 4.69) is 20.5 Å². The third kappa shape index (κ3) is 4.00. The van der Waals surface area contributed by atoms with E-state index in [1.54, 1.807) is 0 Å². The number of benzene rings is 1. The Morgan fingerprint density at radius 1 is 1.19 bits per heavy atom. The smallest absolute Gasteiger partial charge is 0.229 e. The molecule has 2 amide bonds. The molecule has 0 bridgehead atoms. The lowest BCUT2D eigenvalue weighted by Gasteiger charge is -2.32. The Morgan fingerprint density at radius 3 is 2.63 bits per heavy atom. The van der Waals surface area contributed by atoms with Crippen LogP contribution in [0.25, 0.3) is 11.4 Å². The first kappa shape index (κ1) is 17.7. The van der Waals surface area contributed by atoms with Crippen molar-refractivity contribution in [3.05, 3.63) is 30.1 Å². The van der Waals surface area contributed by atoms with Gasteiger partial charge in [-0.3, -0.25) is 14.7 Å². The summed E-state index contributed by atoms with van der Waals surface area (Å²) in [5.41, 5.74) is 7.11. The van der Waals surface area contributed by atoms with Gasteiger partial charge < -0.3 is 16.0 Å². The van der Waals surface area contributed by atoms with Crippen molar-refractivity contribution in [2.75, 3.05) is 18.4 Å². The van der Waals surface area contributed by atoms with Crippen LogP contribution in [0.15, 0.2) is 24.3 Å². The normalized spacial score (nSPS) is 19.7. The number of anilines is 1. The number of carbonyl (C=O) groups excluding carboxylic acids is 2. The third-order valence-electron chi connectivity index (χ3n) is 5.17. The number of hydrogen-bond acceptors (Lipinski definition) is 5. The molecule has 142 valence electrons. The number of carbonyl (C=O) groups is 2. The maximum absolute atomic E-state index is 12.6. The maximum Gasteiger partial charge on any atom is 0.229 e. The van der Waals surface area contributed by atoms with Crippen LogP contribution >= 0.6 is 0 Å². The quantitative estimate of drug-likeness (QED) is 0.740. The molecule has 0 radical (unpaired) electrons. The van der Waals surface area contributed by atoms with E-state index in [0.717, 1.165) is 43.5 Å². The molecule has 1 unspecified atom stereocenters. The highest BCUT2D eigenvalue weighted by Crippen LogP contribution is 2.32. The van der Waals surface area contributed by atoms with Crippen LogP contribution in [0, 0.1) is 11.8 Å². The molecular weight excluding hydrogens is 344 g/mol. The molecule has 4 rings (SSSR count). The van der Waals surface area contributed by atoms with Gasteiger partial charge in [-0.2, -0.15) is 5.10 Å². The number of rotatable bonds is 5. The topological polar surface area (TPSA) is 117 Å². The highest BCUT2D eigenvalue weighted by molar-refractivity contribution is 5.93. The van der Waals surface area contributed by atoms with Gasteiger partial charge in [0.05, 0.1) is 12.5 Å². The molecule has 2 aromatic rings. The number of H-pyrrole nitrogens is 1. The number of aromatic nitrogens is 3. The van der Waals surface area contributed by atoms with Gasteiger partial charge in [-0.15, -0.1) is 0 Å². The summed E-state index contributed by atoms with van der Waals surface area (Å²) in [5.74, 6) is 1.45. The number of likely N-dealkylation sites (tertiary alicyclic amines) is 1. The van der Waals surface area contributed by atoms with Crippen molar-refractivity contribution in [3.8, 4) is 11.4 Å². The van der Waals surface area contributed by atoms with E-state index in [9.17, 15) is 9.59 Å². The summed E-state index contributed by atoms with van der Waals surface area (Å²) in [7, 11) is 0. The number of hydrogen-bond donors (Lipinski definition) is 3. The van der Waals surface area contributed by atoms with Crippen molar-refractivity contribution in [1.82, 2.24) is 20.1 Å². The first-order valence-electron chi connectivity index (χ1n) is 9.45. The molecule has 1 aliphatic heterocycles. The van der Waals surface area contributed by atoms with Crippen molar-refractivity contribution in [3.63, 3.8) is 0 Å². The zero-order valence-electron chi connectivity index (χ0n) is 15.1. The molecule has 0 spiro atoms. The average molecular weight is 368 g/mol. The summed E-state index contributed by atoms with van der Waals surface area (Å²) >= 11 is 0. The van der Waals surface area contributed by atoms with Crippen molar-refractivity contribution in [1.29, 1.82) is 0 Å². The maximum atomic E-state index is 12.6. The molecule has 1 atom stereocenters. The molecule has 2 heterocycles. The molecule has 8 heteroatoms. The molecule has 2 aliphatic rings. The first-order chi connectivity index (χ1) is 13.1. The standard InChI is InChI=1S/C19H24N6O2/c20-10-16-22-17(24-23-16)12-5-7-15(8-6-12)21-18(26)14-2-1-9-25(11-14)19(27)13-3-4-13/h5-8,13-14H,1-4,9-11,20H2,(H,21,26)(H,22,23,24). The molecular formula is C19H24N6O2. The van der Waals surface area contributed by atoms with Crippen molar-refractivity contribution in [2.24, 2.45) is 17.6 Å². The van der Waals surface area contributed by atoms with E-state index >= 15 is 0 Å². The second-order valence-corrected chi connectivity index (χ2v) is 7.27. The molecule has 1 aliphatic carbocycles. The minimum absolute atomic E-state index is 0.0284. The number of piperidine rings is 1. The summed E-state index contributed by atoms with van der Waals surface area (Å²) < 4.78 is 0. The van der Waals surface area contributed by atoms with Gasteiger partial charge in [0.25, 0.3) is 0 Å². The number of nitrogens with two attached hydrogens (primary N) is 1. The van der Waals surface area contributed by atoms with Crippen molar-refractivity contribution in [2.45, 2.75) is 32.2 Å². The molecule has 1 saturated carbocycles. The van der Waals surface area contributed by atoms with E-state index in [-0.39, 0.29) is 23.7 Å². The monoisotopic (exact) mass is 368 g/mol. The Labute approximate surface area is 157 Å². The van der Waals surface area contributed by atoms with Gasteiger partial charge >= 0.3 is 0 Å². The Balaban J connectivity index is 1.36. The molecule has 1 saturated heterocycles. The zero-order valence-corrected chi connectivity index (χ0v) is 15.1. The van der Waals surface area contributed by atoms with Crippen LogP contribution in [0.2, 0.25) is 0 Å².